The van der Waals surface area contributed by atoms with Gasteiger partial charge in [-0.2, -0.15) is 4.98 Å². The van der Waals surface area contributed by atoms with E-state index in [1.165, 1.54) is 0 Å². The van der Waals surface area contributed by atoms with Gasteiger partial charge in [-0.15, -0.1) is 0 Å². The smallest absolute Gasteiger partial charge is 0.261 e. The molecule has 0 bridgehead atoms. The molecule has 0 amide bonds. The number of aromatic nitrogens is 3. The summed E-state index contributed by atoms with van der Waals surface area (Å²) in [6.07, 6.45) is 3.55. The summed E-state index contributed by atoms with van der Waals surface area (Å²) in [6.45, 7) is 0. The number of nitrogen functional groups attached to an aromatic ring is 1. The third kappa shape index (κ3) is 1.38. The average molecular weight is 212 g/mol. The van der Waals surface area contributed by atoms with Gasteiger partial charge in [0, 0.05) is 23.3 Å². The summed E-state index contributed by atoms with van der Waals surface area (Å²) in [5.74, 6) is 0.570. The molecule has 0 spiro atoms. The van der Waals surface area contributed by atoms with Crippen molar-refractivity contribution in [2.24, 2.45) is 0 Å². The number of anilines is 1. The molecule has 0 saturated carbocycles. The lowest BCUT2D eigenvalue weighted by molar-refractivity contribution is 0.433. The molecule has 78 valence electrons. The zero-order chi connectivity index (χ0) is 11.0. The van der Waals surface area contributed by atoms with Gasteiger partial charge in [-0.1, -0.05) is 6.07 Å². The molecular weight excluding hydrogens is 204 g/mol. The summed E-state index contributed by atoms with van der Waals surface area (Å²) in [4.78, 5) is 8.02. The Morgan fingerprint density at radius 3 is 2.88 bits per heavy atom. The highest BCUT2D eigenvalue weighted by molar-refractivity contribution is 5.85. The van der Waals surface area contributed by atoms with Gasteiger partial charge in [0.1, 0.15) is 0 Å². The maximum Gasteiger partial charge on any atom is 0.261 e. The minimum atomic E-state index is 0.143. The summed E-state index contributed by atoms with van der Waals surface area (Å²) in [5.41, 5.74) is 6.25. The minimum absolute atomic E-state index is 0.143. The van der Waals surface area contributed by atoms with E-state index >= 15 is 0 Å². The summed E-state index contributed by atoms with van der Waals surface area (Å²) >= 11 is 0. The number of hydrogen-bond acceptors (Lipinski definition) is 5. The molecule has 0 saturated heterocycles. The predicted molar refractivity (Wildman–Crippen MR) is 59.4 cm³/mol. The van der Waals surface area contributed by atoms with Gasteiger partial charge in [0.2, 0.25) is 0 Å². The maximum atomic E-state index is 5.40. The van der Waals surface area contributed by atoms with Gasteiger partial charge in [0.15, 0.2) is 0 Å². The first-order valence-corrected chi connectivity index (χ1v) is 4.76. The van der Waals surface area contributed by atoms with E-state index in [0.717, 1.165) is 16.3 Å². The van der Waals surface area contributed by atoms with Crippen molar-refractivity contribution < 1.29 is 4.52 Å². The lowest BCUT2D eigenvalue weighted by Gasteiger charge is -1.98. The second-order valence-electron chi connectivity index (χ2n) is 3.40. The Labute approximate surface area is 90.9 Å². The fraction of sp³-hybridized carbons (Fsp3) is 0. The third-order valence-corrected chi connectivity index (χ3v) is 2.33. The lowest BCUT2D eigenvalue weighted by Crippen LogP contribution is -1.85. The Kier molecular flexibility index (Phi) is 1.83. The van der Waals surface area contributed by atoms with Gasteiger partial charge >= 0.3 is 0 Å². The van der Waals surface area contributed by atoms with E-state index in [9.17, 15) is 0 Å². The van der Waals surface area contributed by atoms with Crippen LogP contribution in [-0.4, -0.2) is 15.1 Å². The largest absolute Gasteiger partial charge is 0.365 e. The van der Waals surface area contributed by atoms with Crippen molar-refractivity contribution in [3.8, 4) is 11.5 Å². The van der Waals surface area contributed by atoms with E-state index in [4.69, 9.17) is 10.3 Å². The molecule has 0 radical (unpaired) electrons. The van der Waals surface area contributed by atoms with Crippen molar-refractivity contribution in [2.75, 3.05) is 5.73 Å². The van der Waals surface area contributed by atoms with Crippen LogP contribution in [0.4, 0.5) is 5.95 Å². The molecule has 5 heteroatoms. The van der Waals surface area contributed by atoms with Crippen molar-refractivity contribution in [3.05, 3.63) is 36.7 Å². The van der Waals surface area contributed by atoms with Crippen LogP contribution >= 0.6 is 0 Å². The van der Waals surface area contributed by atoms with Gasteiger partial charge < -0.3 is 10.3 Å². The molecule has 2 heterocycles. The molecule has 3 aromatic rings. The van der Waals surface area contributed by atoms with E-state index < -0.39 is 0 Å². The Bertz CT molecular complexity index is 647. The van der Waals surface area contributed by atoms with E-state index in [2.05, 4.69) is 15.1 Å². The molecule has 2 N–H and O–H groups in total. The van der Waals surface area contributed by atoms with Crippen molar-refractivity contribution in [2.45, 2.75) is 0 Å². The maximum absolute atomic E-state index is 5.40. The number of pyridine rings is 1. The minimum Gasteiger partial charge on any atom is -0.365 e. The molecule has 5 nitrogen and oxygen atoms in total. The zero-order valence-electron chi connectivity index (χ0n) is 8.29. The lowest BCUT2D eigenvalue weighted by atomic mass is 10.1. The first-order chi connectivity index (χ1) is 7.83. The van der Waals surface area contributed by atoms with Crippen LogP contribution in [0.2, 0.25) is 0 Å². The van der Waals surface area contributed by atoms with Gasteiger partial charge in [-0.3, -0.25) is 4.98 Å². The zero-order valence-corrected chi connectivity index (χ0v) is 8.29. The second-order valence-corrected chi connectivity index (χ2v) is 3.40. The highest BCUT2D eigenvalue weighted by atomic mass is 16.5. The fourth-order valence-electron chi connectivity index (χ4n) is 1.57. The average Bonchev–Trinajstić information content (AvgIpc) is 2.75. The molecule has 16 heavy (non-hydrogen) atoms. The third-order valence-electron chi connectivity index (χ3n) is 2.33. The highest BCUT2D eigenvalue weighted by Crippen LogP contribution is 2.22. The molecule has 0 aliphatic rings. The summed E-state index contributed by atoms with van der Waals surface area (Å²) in [5, 5.41) is 5.69. The number of rotatable bonds is 1. The number of benzene rings is 1. The Hall–Kier alpha value is -2.43. The van der Waals surface area contributed by atoms with E-state index in [1.54, 1.807) is 12.4 Å². The van der Waals surface area contributed by atoms with E-state index in [-0.39, 0.29) is 5.95 Å². The summed E-state index contributed by atoms with van der Waals surface area (Å²) < 4.78 is 5.00. The van der Waals surface area contributed by atoms with Crippen molar-refractivity contribution in [1.29, 1.82) is 0 Å². The molecular formula is C11H8N4O. The predicted octanol–water partition coefficient (Wildman–Crippen LogP) is 1.87. The monoisotopic (exact) mass is 212 g/mol. The van der Waals surface area contributed by atoms with Crippen molar-refractivity contribution >= 4 is 16.7 Å². The molecule has 0 fully saturated rings. The fourth-order valence-corrected chi connectivity index (χ4v) is 1.57. The van der Waals surface area contributed by atoms with Crippen LogP contribution in [0.5, 0.6) is 0 Å². The molecule has 2 aromatic heterocycles. The Morgan fingerprint density at radius 1 is 1.12 bits per heavy atom. The van der Waals surface area contributed by atoms with E-state index in [0.29, 0.717) is 5.89 Å². The molecule has 0 unspecified atom stereocenters. The van der Waals surface area contributed by atoms with Crippen LogP contribution in [0.15, 0.2) is 41.2 Å². The van der Waals surface area contributed by atoms with Gasteiger partial charge in [0.25, 0.3) is 11.8 Å². The number of hydrogen-bond donors (Lipinski definition) is 1. The topological polar surface area (TPSA) is 77.8 Å². The highest BCUT2D eigenvalue weighted by Gasteiger charge is 2.06. The molecule has 1 aromatic carbocycles. The van der Waals surface area contributed by atoms with Crippen LogP contribution < -0.4 is 5.73 Å². The van der Waals surface area contributed by atoms with Crippen LogP contribution in [0.25, 0.3) is 22.2 Å². The Balaban J connectivity index is 2.18. The summed E-state index contributed by atoms with van der Waals surface area (Å²) in [6, 6.07) is 7.75. The van der Waals surface area contributed by atoms with Crippen LogP contribution in [0.3, 0.4) is 0 Å². The number of nitrogens with zero attached hydrogens (tertiary/aromatic N) is 3. The van der Waals surface area contributed by atoms with Gasteiger partial charge in [0.05, 0.1) is 0 Å². The van der Waals surface area contributed by atoms with Crippen LogP contribution in [0, 0.1) is 0 Å². The SMILES string of the molecule is Nc1noc(-c2ccc3cnccc3c2)n1. The molecule has 3 rings (SSSR count). The summed E-state index contributed by atoms with van der Waals surface area (Å²) in [7, 11) is 0. The standard InChI is InChI=1S/C11H8N4O/c12-11-14-10(16-15-11)8-1-2-9-6-13-4-3-7(9)5-8/h1-6H,(H2,12,15). The second kappa shape index (κ2) is 3.30. The first-order valence-electron chi connectivity index (χ1n) is 4.76. The normalized spacial score (nSPS) is 10.8. The molecule has 0 aliphatic heterocycles. The van der Waals surface area contributed by atoms with E-state index in [1.807, 2.05) is 24.3 Å². The van der Waals surface area contributed by atoms with Crippen LogP contribution in [0.1, 0.15) is 0 Å². The van der Waals surface area contributed by atoms with Crippen molar-refractivity contribution in [3.63, 3.8) is 0 Å². The van der Waals surface area contributed by atoms with Crippen LogP contribution in [-0.2, 0) is 0 Å². The first kappa shape index (κ1) is 8.84. The quantitative estimate of drug-likeness (QED) is 0.666. The number of fused-ring (bicyclic) bond motifs is 1. The van der Waals surface area contributed by atoms with Crippen molar-refractivity contribution in [1.82, 2.24) is 15.1 Å². The molecule has 0 aliphatic carbocycles. The van der Waals surface area contributed by atoms with Gasteiger partial charge in [-0.05, 0) is 28.7 Å². The number of nitrogens with two attached hydrogens (primary N) is 1. The molecule has 0 atom stereocenters. The van der Waals surface area contributed by atoms with Gasteiger partial charge in [-0.25, -0.2) is 0 Å². The Morgan fingerprint density at radius 2 is 2.06 bits per heavy atom.